The summed E-state index contributed by atoms with van der Waals surface area (Å²) in [6.45, 7) is 1.22. The Balaban J connectivity index is 1.86. The fourth-order valence-electron chi connectivity index (χ4n) is 2.63. The summed E-state index contributed by atoms with van der Waals surface area (Å²) in [6, 6.07) is 0. The molecule has 0 aromatic carbocycles. The molecular weight excluding hydrogens is 242 g/mol. The van der Waals surface area contributed by atoms with Crippen molar-refractivity contribution in [3.63, 3.8) is 0 Å². The number of nitrogens with two attached hydrogens (primary N) is 1. The smallest absolute Gasteiger partial charge is 0.180 e. The summed E-state index contributed by atoms with van der Waals surface area (Å²) in [5, 5.41) is 12.7. The van der Waals surface area contributed by atoms with Crippen LogP contribution < -0.4 is 5.73 Å². The van der Waals surface area contributed by atoms with Gasteiger partial charge in [-0.05, 0) is 12.8 Å². The molecule has 1 saturated carbocycles. The van der Waals surface area contributed by atoms with Crippen LogP contribution in [0.2, 0.25) is 0 Å². The van der Waals surface area contributed by atoms with Crippen LogP contribution >= 0.6 is 0 Å². The predicted octanol–water partition coefficient (Wildman–Crippen LogP) is 0.690. The van der Waals surface area contributed by atoms with Crippen molar-refractivity contribution >= 4 is 0 Å². The lowest BCUT2D eigenvalue weighted by molar-refractivity contribution is 0.598. The van der Waals surface area contributed by atoms with Crippen molar-refractivity contribution in [1.82, 2.24) is 29.8 Å². The summed E-state index contributed by atoms with van der Waals surface area (Å²) in [5.74, 6) is 2.24. The quantitative estimate of drug-likeness (QED) is 0.875. The second kappa shape index (κ2) is 5.08. The van der Waals surface area contributed by atoms with Gasteiger partial charge in [0.25, 0.3) is 0 Å². The van der Waals surface area contributed by atoms with Crippen LogP contribution in [0.15, 0.2) is 6.20 Å². The highest BCUT2D eigenvalue weighted by molar-refractivity contribution is 5.46. The maximum absolute atomic E-state index is 5.50. The zero-order valence-corrected chi connectivity index (χ0v) is 11.2. The molecule has 0 atom stereocenters. The van der Waals surface area contributed by atoms with Crippen LogP contribution in [0.4, 0.5) is 0 Å². The van der Waals surface area contributed by atoms with E-state index in [1.165, 1.54) is 25.7 Å². The molecule has 0 saturated heterocycles. The Bertz CT molecular complexity index is 550. The van der Waals surface area contributed by atoms with Crippen molar-refractivity contribution in [2.24, 2.45) is 12.8 Å². The van der Waals surface area contributed by atoms with Gasteiger partial charge in [-0.25, -0.2) is 9.67 Å². The predicted molar refractivity (Wildman–Crippen MR) is 70.3 cm³/mol. The maximum Gasteiger partial charge on any atom is 0.180 e. The third-order valence-electron chi connectivity index (χ3n) is 3.63. The van der Waals surface area contributed by atoms with E-state index < -0.39 is 0 Å². The molecule has 2 heterocycles. The number of hydrogen-bond donors (Lipinski definition) is 1. The highest BCUT2D eigenvalue weighted by Crippen LogP contribution is 2.32. The minimum atomic E-state index is 0.513. The van der Waals surface area contributed by atoms with Crippen molar-refractivity contribution in [3.8, 4) is 11.5 Å². The largest absolute Gasteiger partial charge is 0.329 e. The fraction of sp³-hybridized carbons (Fsp3) is 0.667. The number of aryl methyl sites for hydroxylation is 1. The summed E-state index contributed by atoms with van der Waals surface area (Å²) in [6.07, 6.45) is 6.83. The van der Waals surface area contributed by atoms with Gasteiger partial charge in [0.15, 0.2) is 11.6 Å². The molecule has 7 nitrogen and oxygen atoms in total. The van der Waals surface area contributed by atoms with Gasteiger partial charge in [-0.3, -0.25) is 4.68 Å². The minimum Gasteiger partial charge on any atom is -0.329 e. The Morgan fingerprint density at radius 2 is 2.16 bits per heavy atom. The van der Waals surface area contributed by atoms with Gasteiger partial charge in [-0.15, -0.1) is 5.10 Å². The van der Waals surface area contributed by atoms with Crippen LogP contribution in [0.1, 0.15) is 37.4 Å². The van der Waals surface area contributed by atoms with Gasteiger partial charge >= 0.3 is 0 Å². The highest BCUT2D eigenvalue weighted by atomic mass is 15.4. The molecule has 2 N–H and O–H groups in total. The molecule has 1 aliphatic carbocycles. The van der Waals surface area contributed by atoms with Crippen LogP contribution in [0.3, 0.4) is 0 Å². The van der Waals surface area contributed by atoms with Crippen LogP contribution in [0.5, 0.6) is 0 Å². The van der Waals surface area contributed by atoms with E-state index in [9.17, 15) is 0 Å². The van der Waals surface area contributed by atoms with Crippen LogP contribution in [0, 0.1) is 0 Å². The van der Waals surface area contributed by atoms with Crippen LogP contribution in [-0.2, 0) is 13.6 Å². The zero-order valence-electron chi connectivity index (χ0n) is 11.2. The van der Waals surface area contributed by atoms with E-state index >= 15 is 0 Å². The first kappa shape index (κ1) is 12.3. The number of rotatable bonds is 4. The summed E-state index contributed by atoms with van der Waals surface area (Å²) in [4.78, 5) is 4.64. The van der Waals surface area contributed by atoms with Gasteiger partial charge in [0.1, 0.15) is 5.69 Å². The molecule has 0 amide bonds. The molecule has 102 valence electrons. The van der Waals surface area contributed by atoms with Gasteiger partial charge in [-0.1, -0.05) is 18.1 Å². The Hall–Kier alpha value is -1.76. The van der Waals surface area contributed by atoms with Gasteiger partial charge in [0.2, 0.25) is 0 Å². The third-order valence-corrected chi connectivity index (χ3v) is 3.63. The van der Waals surface area contributed by atoms with E-state index in [-0.39, 0.29) is 0 Å². The molecule has 1 aliphatic rings. The van der Waals surface area contributed by atoms with E-state index in [1.54, 1.807) is 9.36 Å². The Kier molecular flexibility index (Phi) is 3.29. The average molecular weight is 261 g/mol. The first-order valence-electron chi connectivity index (χ1n) is 6.79. The zero-order chi connectivity index (χ0) is 13.2. The molecule has 0 bridgehead atoms. The van der Waals surface area contributed by atoms with Crippen molar-refractivity contribution in [3.05, 3.63) is 12.0 Å². The topological polar surface area (TPSA) is 87.4 Å². The van der Waals surface area contributed by atoms with E-state index in [1.807, 2.05) is 13.2 Å². The number of hydrogen-bond acceptors (Lipinski definition) is 5. The lowest BCUT2D eigenvalue weighted by Gasteiger charge is -2.00. The molecule has 19 heavy (non-hydrogen) atoms. The van der Waals surface area contributed by atoms with Crippen molar-refractivity contribution in [2.45, 2.75) is 38.1 Å². The summed E-state index contributed by atoms with van der Waals surface area (Å²) < 4.78 is 3.53. The molecule has 7 heteroatoms. The van der Waals surface area contributed by atoms with Crippen LogP contribution in [-0.4, -0.2) is 36.3 Å². The molecule has 2 aromatic rings. The normalized spacial score (nSPS) is 16.3. The fourth-order valence-corrected chi connectivity index (χ4v) is 2.63. The number of nitrogens with zero attached hydrogens (tertiary/aromatic N) is 6. The molecule has 0 unspecified atom stereocenters. The number of aromatic nitrogens is 6. The summed E-state index contributed by atoms with van der Waals surface area (Å²) >= 11 is 0. The SMILES string of the molecule is Cn1nc(C2CCCC2)nc1-c1cn(CCN)nn1. The molecule has 0 radical (unpaired) electrons. The van der Waals surface area contributed by atoms with E-state index in [2.05, 4.69) is 20.4 Å². The monoisotopic (exact) mass is 261 g/mol. The molecule has 0 spiro atoms. The first-order valence-corrected chi connectivity index (χ1v) is 6.79. The standard InChI is InChI=1S/C12H19N7/c1-18-12(10-8-19(7-6-13)17-15-10)14-11(16-18)9-4-2-3-5-9/h8-9H,2-7,13H2,1H3. The molecular formula is C12H19N7. The second-order valence-corrected chi connectivity index (χ2v) is 5.05. The van der Waals surface area contributed by atoms with Gasteiger partial charge in [-0.2, -0.15) is 5.10 Å². The molecule has 0 aliphatic heterocycles. The Labute approximate surface area is 111 Å². The molecule has 1 fully saturated rings. The van der Waals surface area contributed by atoms with E-state index in [4.69, 9.17) is 5.73 Å². The lowest BCUT2D eigenvalue weighted by atomic mass is 10.1. The van der Waals surface area contributed by atoms with E-state index in [0.717, 1.165) is 17.3 Å². The summed E-state index contributed by atoms with van der Waals surface area (Å²) in [7, 11) is 1.91. The summed E-state index contributed by atoms with van der Waals surface area (Å²) in [5.41, 5.74) is 6.26. The Morgan fingerprint density at radius 1 is 1.37 bits per heavy atom. The maximum atomic E-state index is 5.50. The second-order valence-electron chi connectivity index (χ2n) is 5.05. The van der Waals surface area contributed by atoms with Crippen LogP contribution in [0.25, 0.3) is 11.5 Å². The minimum absolute atomic E-state index is 0.513. The van der Waals surface area contributed by atoms with Gasteiger partial charge in [0.05, 0.1) is 12.7 Å². The Morgan fingerprint density at radius 3 is 2.89 bits per heavy atom. The molecule has 2 aromatic heterocycles. The van der Waals surface area contributed by atoms with Crippen molar-refractivity contribution in [2.75, 3.05) is 6.54 Å². The van der Waals surface area contributed by atoms with E-state index in [0.29, 0.717) is 19.0 Å². The average Bonchev–Trinajstić information content (AvgIpc) is 3.08. The first-order chi connectivity index (χ1) is 9.28. The van der Waals surface area contributed by atoms with Gasteiger partial charge < -0.3 is 5.73 Å². The lowest BCUT2D eigenvalue weighted by Crippen LogP contribution is -2.10. The molecule has 3 rings (SSSR count). The highest BCUT2D eigenvalue weighted by Gasteiger charge is 2.23. The van der Waals surface area contributed by atoms with Gasteiger partial charge in [0, 0.05) is 19.5 Å². The van der Waals surface area contributed by atoms with Crippen molar-refractivity contribution in [1.29, 1.82) is 0 Å². The third kappa shape index (κ3) is 2.37. The van der Waals surface area contributed by atoms with Crippen molar-refractivity contribution < 1.29 is 0 Å².